The fraction of sp³-hybridized carbons (Fsp3) is 0.556. The van der Waals surface area contributed by atoms with Crippen LogP contribution < -0.4 is 5.32 Å². The SMILES string of the molecule is Cc1cccc(NC(=O)C2(C)CCC(C)(C(=O)O)C2(C)C)c1. The predicted molar refractivity (Wildman–Crippen MR) is 86.7 cm³/mol. The van der Waals surface area contributed by atoms with Crippen LogP contribution >= 0.6 is 0 Å². The van der Waals surface area contributed by atoms with Gasteiger partial charge in [-0.1, -0.05) is 32.9 Å². The summed E-state index contributed by atoms with van der Waals surface area (Å²) in [7, 11) is 0. The maximum atomic E-state index is 12.9. The van der Waals surface area contributed by atoms with E-state index in [0.717, 1.165) is 11.3 Å². The highest BCUT2D eigenvalue weighted by atomic mass is 16.4. The molecule has 1 saturated carbocycles. The van der Waals surface area contributed by atoms with E-state index in [-0.39, 0.29) is 5.91 Å². The van der Waals surface area contributed by atoms with Gasteiger partial charge in [0.2, 0.25) is 5.91 Å². The zero-order chi connectivity index (χ0) is 16.8. The van der Waals surface area contributed by atoms with Crippen molar-refractivity contribution in [2.75, 3.05) is 5.32 Å². The summed E-state index contributed by atoms with van der Waals surface area (Å²) in [5.74, 6) is -0.933. The average molecular weight is 303 g/mol. The highest BCUT2D eigenvalue weighted by molar-refractivity contribution is 5.97. The molecule has 0 bridgehead atoms. The minimum Gasteiger partial charge on any atom is -0.481 e. The summed E-state index contributed by atoms with van der Waals surface area (Å²) in [4.78, 5) is 24.6. The molecule has 1 aliphatic rings. The lowest BCUT2D eigenvalue weighted by Gasteiger charge is -2.44. The molecule has 0 saturated heterocycles. The number of aryl methyl sites for hydroxylation is 1. The van der Waals surface area contributed by atoms with Crippen molar-refractivity contribution in [1.29, 1.82) is 0 Å². The van der Waals surface area contributed by atoms with Gasteiger partial charge in [-0.05, 0) is 49.8 Å². The second kappa shape index (κ2) is 5.11. The molecule has 4 heteroatoms. The summed E-state index contributed by atoms with van der Waals surface area (Å²) in [6.07, 6.45) is 1.08. The molecule has 120 valence electrons. The first kappa shape index (κ1) is 16.5. The summed E-state index contributed by atoms with van der Waals surface area (Å²) in [5, 5.41) is 12.6. The third-order valence-electron chi connectivity index (χ3n) is 6.13. The molecular weight excluding hydrogens is 278 g/mol. The molecule has 2 atom stereocenters. The fourth-order valence-electron chi connectivity index (χ4n) is 3.50. The zero-order valence-corrected chi connectivity index (χ0v) is 14.0. The lowest BCUT2D eigenvalue weighted by Crippen LogP contribution is -2.49. The van der Waals surface area contributed by atoms with Crippen molar-refractivity contribution in [3.8, 4) is 0 Å². The number of carboxylic acid groups (broad SMARTS) is 1. The third kappa shape index (κ3) is 2.21. The van der Waals surface area contributed by atoms with Gasteiger partial charge in [0.05, 0.1) is 10.8 Å². The molecule has 0 radical (unpaired) electrons. The van der Waals surface area contributed by atoms with Crippen LogP contribution in [0.25, 0.3) is 0 Å². The van der Waals surface area contributed by atoms with Crippen molar-refractivity contribution in [3.05, 3.63) is 29.8 Å². The van der Waals surface area contributed by atoms with Gasteiger partial charge in [0.25, 0.3) is 0 Å². The van der Waals surface area contributed by atoms with E-state index in [0.29, 0.717) is 12.8 Å². The molecular formula is C18H25NO3. The van der Waals surface area contributed by atoms with Crippen LogP contribution in [0.5, 0.6) is 0 Å². The van der Waals surface area contributed by atoms with E-state index in [4.69, 9.17) is 0 Å². The molecule has 1 amide bonds. The zero-order valence-electron chi connectivity index (χ0n) is 14.0. The Morgan fingerprint density at radius 3 is 2.18 bits per heavy atom. The summed E-state index contributed by atoms with van der Waals surface area (Å²) in [6, 6.07) is 7.64. The van der Waals surface area contributed by atoms with E-state index in [1.807, 2.05) is 52.0 Å². The second-order valence-corrected chi connectivity index (χ2v) is 7.42. The van der Waals surface area contributed by atoms with E-state index < -0.39 is 22.2 Å². The van der Waals surface area contributed by atoms with Crippen LogP contribution in [0.1, 0.15) is 46.1 Å². The van der Waals surface area contributed by atoms with Gasteiger partial charge in [0, 0.05) is 5.69 Å². The molecule has 1 aromatic rings. The molecule has 22 heavy (non-hydrogen) atoms. The minimum atomic E-state index is -0.897. The molecule has 2 N–H and O–H groups in total. The highest BCUT2D eigenvalue weighted by Gasteiger charge is 2.64. The lowest BCUT2D eigenvalue weighted by atomic mass is 9.59. The van der Waals surface area contributed by atoms with Crippen LogP contribution in [0.15, 0.2) is 24.3 Å². The Bertz CT molecular complexity index is 623. The van der Waals surface area contributed by atoms with Gasteiger partial charge in [-0.15, -0.1) is 0 Å². The van der Waals surface area contributed by atoms with Crippen LogP contribution in [0.2, 0.25) is 0 Å². The van der Waals surface area contributed by atoms with Crippen LogP contribution in [0.4, 0.5) is 5.69 Å². The fourth-order valence-corrected chi connectivity index (χ4v) is 3.50. The van der Waals surface area contributed by atoms with Gasteiger partial charge < -0.3 is 10.4 Å². The molecule has 1 aromatic carbocycles. The second-order valence-electron chi connectivity index (χ2n) is 7.42. The molecule has 0 aliphatic heterocycles. The van der Waals surface area contributed by atoms with E-state index in [9.17, 15) is 14.7 Å². The Labute approximate surface area is 131 Å². The number of hydrogen-bond donors (Lipinski definition) is 2. The first-order valence-electron chi connectivity index (χ1n) is 7.66. The largest absolute Gasteiger partial charge is 0.481 e. The molecule has 1 fully saturated rings. The summed E-state index contributed by atoms with van der Waals surface area (Å²) in [5.41, 5.74) is -0.426. The number of carbonyl (C=O) groups excluding carboxylic acids is 1. The topological polar surface area (TPSA) is 66.4 Å². The standard InChI is InChI=1S/C18H25NO3/c1-12-7-6-8-13(11-12)19-14(20)17(4)9-10-18(5,15(21)22)16(17,2)3/h6-8,11H,9-10H2,1-5H3,(H,19,20)(H,21,22). The summed E-state index contributed by atoms with van der Waals surface area (Å²) >= 11 is 0. The Kier molecular flexibility index (Phi) is 3.84. The minimum absolute atomic E-state index is 0.104. The van der Waals surface area contributed by atoms with Gasteiger partial charge in [-0.3, -0.25) is 9.59 Å². The van der Waals surface area contributed by atoms with Crippen molar-refractivity contribution >= 4 is 17.6 Å². The number of rotatable bonds is 3. The Morgan fingerprint density at radius 2 is 1.68 bits per heavy atom. The molecule has 0 aromatic heterocycles. The van der Waals surface area contributed by atoms with E-state index in [2.05, 4.69) is 5.32 Å². The number of anilines is 1. The van der Waals surface area contributed by atoms with Gasteiger partial charge in [-0.2, -0.15) is 0 Å². The molecule has 2 unspecified atom stereocenters. The number of amides is 1. The van der Waals surface area contributed by atoms with Crippen LogP contribution in [-0.4, -0.2) is 17.0 Å². The third-order valence-corrected chi connectivity index (χ3v) is 6.13. The van der Waals surface area contributed by atoms with E-state index >= 15 is 0 Å². The number of aliphatic carboxylic acids is 1. The van der Waals surface area contributed by atoms with Crippen molar-refractivity contribution < 1.29 is 14.7 Å². The summed E-state index contributed by atoms with van der Waals surface area (Å²) in [6.45, 7) is 9.39. The van der Waals surface area contributed by atoms with E-state index in [1.54, 1.807) is 6.92 Å². The van der Waals surface area contributed by atoms with Crippen LogP contribution in [-0.2, 0) is 9.59 Å². The van der Waals surface area contributed by atoms with Crippen molar-refractivity contribution in [3.63, 3.8) is 0 Å². The van der Waals surface area contributed by atoms with Crippen molar-refractivity contribution in [1.82, 2.24) is 0 Å². The van der Waals surface area contributed by atoms with Gasteiger partial charge in [0.1, 0.15) is 0 Å². The normalized spacial score (nSPS) is 30.0. The highest BCUT2D eigenvalue weighted by Crippen LogP contribution is 2.62. The number of hydrogen-bond acceptors (Lipinski definition) is 2. The first-order chi connectivity index (χ1) is 10.0. The monoisotopic (exact) mass is 303 g/mol. The van der Waals surface area contributed by atoms with Crippen LogP contribution in [0.3, 0.4) is 0 Å². The maximum absolute atomic E-state index is 12.9. The molecule has 4 nitrogen and oxygen atoms in total. The van der Waals surface area contributed by atoms with Gasteiger partial charge >= 0.3 is 5.97 Å². The smallest absolute Gasteiger partial charge is 0.309 e. The number of carboxylic acids is 1. The molecule has 0 heterocycles. The maximum Gasteiger partial charge on any atom is 0.309 e. The van der Waals surface area contributed by atoms with E-state index in [1.165, 1.54) is 0 Å². The Balaban J connectivity index is 2.31. The molecule has 1 aliphatic carbocycles. The number of carbonyl (C=O) groups is 2. The predicted octanol–water partition coefficient (Wildman–Crippen LogP) is 3.85. The number of nitrogens with one attached hydrogen (secondary N) is 1. The van der Waals surface area contributed by atoms with Crippen molar-refractivity contribution in [2.24, 2.45) is 16.2 Å². The number of benzene rings is 1. The summed E-state index contributed by atoms with van der Waals surface area (Å²) < 4.78 is 0. The molecule has 2 rings (SSSR count). The first-order valence-corrected chi connectivity index (χ1v) is 7.66. The Morgan fingerprint density at radius 1 is 1.09 bits per heavy atom. The Hall–Kier alpha value is -1.84. The van der Waals surface area contributed by atoms with Gasteiger partial charge in [-0.25, -0.2) is 0 Å². The molecule has 0 spiro atoms. The average Bonchev–Trinajstić information content (AvgIpc) is 2.61. The quantitative estimate of drug-likeness (QED) is 0.891. The van der Waals surface area contributed by atoms with Gasteiger partial charge in [0.15, 0.2) is 0 Å². The van der Waals surface area contributed by atoms with Crippen LogP contribution in [0, 0.1) is 23.2 Å². The van der Waals surface area contributed by atoms with Crippen molar-refractivity contribution in [2.45, 2.75) is 47.5 Å². The lowest BCUT2D eigenvalue weighted by molar-refractivity contribution is -0.157.